The molecule has 0 aliphatic carbocycles. The molecule has 1 unspecified atom stereocenters. The SMILES string of the molecule is Cc1ccc(CC(CCl)Cc2ccc(Cl)s2)cc1. The molecule has 0 saturated heterocycles. The van der Waals surface area contributed by atoms with Crippen LogP contribution >= 0.6 is 34.5 Å². The molecule has 0 N–H and O–H groups in total. The molecule has 0 amide bonds. The molecule has 0 radical (unpaired) electrons. The Labute approximate surface area is 123 Å². The van der Waals surface area contributed by atoms with Crippen LogP contribution in [0.2, 0.25) is 4.34 Å². The van der Waals surface area contributed by atoms with Gasteiger partial charge in [0.25, 0.3) is 0 Å². The summed E-state index contributed by atoms with van der Waals surface area (Å²) in [6, 6.07) is 12.7. The first kappa shape index (κ1) is 13.9. The van der Waals surface area contributed by atoms with Crippen LogP contribution in [0.5, 0.6) is 0 Å². The van der Waals surface area contributed by atoms with Crippen LogP contribution in [-0.2, 0) is 12.8 Å². The van der Waals surface area contributed by atoms with Gasteiger partial charge in [0.1, 0.15) is 0 Å². The maximum absolute atomic E-state index is 6.08. The average molecular weight is 299 g/mol. The van der Waals surface area contributed by atoms with Crippen molar-refractivity contribution >= 4 is 34.5 Å². The minimum atomic E-state index is 0.476. The van der Waals surface area contributed by atoms with E-state index < -0.39 is 0 Å². The van der Waals surface area contributed by atoms with Crippen molar-refractivity contribution in [3.8, 4) is 0 Å². The molecule has 0 bridgehead atoms. The Balaban J connectivity index is 1.99. The van der Waals surface area contributed by atoms with Crippen LogP contribution in [-0.4, -0.2) is 5.88 Å². The summed E-state index contributed by atoms with van der Waals surface area (Å²) >= 11 is 13.7. The van der Waals surface area contributed by atoms with Gasteiger partial charge in [-0.05, 0) is 43.4 Å². The zero-order valence-electron chi connectivity index (χ0n) is 10.3. The first-order valence-corrected chi connectivity index (χ1v) is 7.76. The summed E-state index contributed by atoms with van der Waals surface area (Å²) in [6.07, 6.45) is 2.04. The number of hydrogen-bond donors (Lipinski definition) is 0. The molecule has 1 atom stereocenters. The zero-order valence-corrected chi connectivity index (χ0v) is 12.7. The molecule has 1 aromatic carbocycles. The smallest absolute Gasteiger partial charge is 0.0931 e. The van der Waals surface area contributed by atoms with E-state index in [1.54, 1.807) is 11.3 Å². The van der Waals surface area contributed by atoms with Gasteiger partial charge >= 0.3 is 0 Å². The lowest BCUT2D eigenvalue weighted by Crippen LogP contribution is -2.09. The Bertz CT molecular complexity index is 487. The predicted molar refractivity (Wildman–Crippen MR) is 82.1 cm³/mol. The highest BCUT2D eigenvalue weighted by molar-refractivity contribution is 7.16. The maximum Gasteiger partial charge on any atom is 0.0931 e. The maximum atomic E-state index is 6.08. The number of hydrogen-bond acceptors (Lipinski definition) is 1. The van der Waals surface area contributed by atoms with Gasteiger partial charge in [-0.2, -0.15) is 0 Å². The fourth-order valence-corrected chi connectivity index (χ4v) is 3.40. The zero-order chi connectivity index (χ0) is 13.0. The lowest BCUT2D eigenvalue weighted by atomic mass is 9.97. The van der Waals surface area contributed by atoms with Crippen LogP contribution in [0.4, 0.5) is 0 Å². The Kier molecular flexibility index (Phi) is 5.11. The second-order valence-corrected chi connectivity index (χ2v) is 6.73. The second kappa shape index (κ2) is 6.60. The molecule has 0 spiro atoms. The molecule has 0 nitrogen and oxygen atoms in total. The van der Waals surface area contributed by atoms with Gasteiger partial charge < -0.3 is 0 Å². The molecule has 1 aromatic heterocycles. The summed E-state index contributed by atoms with van der Waals surface area (Å²) in [5.41, 5.74) is 2.65. The summed E-state index contributed by atoms with van der Waals surface area (Å²) in [5.74, 6) is 1.16. The van der Waals surface area contributed by atoms with Crippen molar-refractivity contribution < 1.29 is 0 Å². The molecule has 0 aliphatic heterocycles. The largest absolute Gasteiger partial charge is 0.128 e. The third-order valence-corrected chi connectivity index (χ3v) is 4.67. The Morgan fingerprint density at radius 2 is 1.78 bits per heavy atom. The van der Waals surface area contributed by atoms with E-state index in [0.29, 0.717) is 11.8 Å². The summed E-state index contributed by atoms with van der Waals surface area (Å²) in [4.78, 5) is 1.32. The van der Waals surface area contributed by atoms with E-state index in [2.05, 4.69) is 37.3 Å². The summed E-state index contributed by atoms with van der Waals surface area (Å²) in [5, 5.41) is 0. The van der Waals surface area contributed by atoms with E-state index in [4.69, 9.17) is 23.2 Å². The number of halogens is 2. The molecule has 96 valence electrons. The van der Waals surface area contributed by atoms with Crippen molar-refractivity contribution in [2.24, 2.45) is 5.92 Å². The van der Waals surface area contributed by atoms with Crippen LogP contribution < -0.4 is 0 Å². The van der Waals surface area contributed by atoms with Crippen molar-refractivity contribution in [1.82, 2.24) is 0 Å². The number of aryl methyl sites for hydroxylation is 1. The summed E-state index contributed by atoms with van der Waals surface area (Å²) in [7, 11) is 0. The number of benzene rings is 1. The molecule has 2 rings (SSSR count). The number of rotatable bonds is 5. The monoisotopic (exact) mass is 298 g/mol. The van der Waals surface area contributed by atoms with Crippen LogP contribution in [0, 0.1) is 12.8 Å². The van der Waals surface area contributed by atoms with Crippen molar-refractivity contribution in [3.63, 3.8) is 0 Å². The molecular formula is C15H16Cl2S. The molecule has 1 heterocycles. The molecule has 2 aromatic rings. The predicted octanol–water partition coefficient (Wildman–Crippen LogP) is 5.35. The molecule has 3 heteroatoms. The highest BCUT2D eigenvalue weighted by Crippen LogP contribution is 2.25. The van der Waals surface area contributed by atoms with Crippen molar-refractivity contribution in [1.29, 1.82) is 0 Å². The number of thiophene rings is 1. The third kappa shape index (κ3) is 4.01. The standard InChI is InChI=1S/C15H16Cl2S/c1-11-2-4-12(5-3-11)8-13(10-16)9-14-6-7-15(17)18-14/h2-7,13H,8-10H2,1H3. The Morgan fingerprint density at radius 3 is 2.33 bits per heavy atom. The van der Waals surface area contributed by atoms with Crippen molar-refractivity contribution in [2.45, 2.75) is 19.8 Å². The Hall–Kier alpha value is -0.500. The van der Waals surface area contributed by atoms with Gasteiger partial charge in [0.2, 0.25) is 0 Å². The lowest BCUT2D eigenvalue weighted by molar-refractivity contribution is 0.589. The van der Waals surface area contributed by atoms with E-state index in [9.17, 15) is 0 Å². The molecule has 0 aliphatic rings. The highest BCUT2D eigenvalue weighted by atomic mass is 35.5. The normalized spacial score (nSPS) is 12.6. The lowest BCUT2D eigenvalue weighted by Gasteiger charge is -2.13. The fraction of sp³-hybridized carbons (Fsp3) is 0.333. The van der Waals surface area contributed by atoms with E-state index >= 15 is 0 Å². The van der Waals surface area contributed by atoms with Crippen LogP contribution in [0.25, 0.3) is 0 Å². The van der Waals surface area contributed by atoms with Gasteiger partial charge in [0.15, 0.2) is 0 Å². The van der Waals surface area contributed by atoms with Gasteiger partial charge in [0, 0.05) is 10.8 Å². The third-order valence-electron chi connectivity index (χ3n) is 2.98. The van der Waals surface area contributed by atoms with Crippen LogP contribution in [0.1, 0.15) is 16.0 Å². The minimum Gasteiger partial charge on any atom is -0.128 e. The van der Waals surface area contributed by atoms with Crippen LogP contribution in [0.15, 0.2) is 36.4 Å². The van der Waals surface area contributed by atoms with E-state index in [1.165, 1.54) is 16.0 Å². The fourth-order valence-electron chi connectivity index (χ4n) is 1.98. The minimum absolute atomic E-state index is 0.476. The van der Waals surface area contributed by atoms with E-state index in [0.717, 1.165) is 17.2 Å². The average Bonchev–Trinajstić information content (AvgIpc) is 2.77. The molecule has 0 saturated carbocycles. The number of alkyl halides is 1. The van der Waals surface area contributed by atoms with Crippen molar-refractivity contribution in [2.75, 3.05) is 5.88 Å². The topological polar surface area (TPSA) is 0 Å². The van der Waals surface area contributed by atoms with Gasteiger partial charge in [-0.1, -0.05) is 41.4 Å². The quantitative estimate of drug-likeness (QED) is 0.653. The van der Waals surface area contributed by atoms with Gasteiger partial charge in [0.05, 0.1) is 4.34 Å². The second-order valence-electron chi connectivity index (χ2n) is 4.62. The van der Waals surface area contributed by atoms with Gasteiger partial charge in [-0.3, -0.25) is 0 Å². The van der Waals surface area contributed by atoms with Gasteiger partial charge in [-0.25, -0.2) is 0 Å². The first-order valence-electron chi connectivity index (χ1n) is 6.03. The molecule has 18 heavy (non-hydrogen) atoms. The Morgan fingerprint density at radius 1 is 1.06 bits per heavy atom. The summed E-state index contributed by atoms with van der Waals surface area (Å²) in [6.45, 7) is 2.11. The van der Waals surface area contributed by atoms with E-state index in [-0.39, 0.29) is 0 Å². The van der Waals surface area contributed by atoms with Crippen molar-refractivity contribution in [3.05, 3.63) is 56.7 Å². The summed E-state index contributed by atoms with van der Waals surface area (Å²) < 4.78 is 0.855. The molecular weight excluding hydrogens is 283 g/mol. The first-order chi connectivity index (χ1) is 8.67. The molecule has 0 fully saturated rings. The van der Waals surface area contributed by atoms with Crippen LogP contribution in [0.3, 0.4) is 0 Å². The van der Waals surface area contributed by atoms with E-state index in [1.807, 2.05) is 6.07 Å². The highest BCUT2D eigenvalue weighted by Gasteiger charge is 2.11. The van der Waals surface area contributed by atoms with Gasteiger partial charge in [-0.15, -0.1) is 22.9 Å².